The summed E-state index contributed by atoms with van der Waals surface area (Å²) in [6.45, 7) is 0.542. The third kappa shape index (κ3) is 2.87. The van der Waals surface area contributed by atoms with Crippen LogP contribution in [0.3, 0.4) is 0 Å². The lowest BCUT2D eigenvalue weighted by atomic mass is 9.72. The molecule has 6 nitrogen and oxygen atoms in total. The van der Waals surface area contributed by atoms with E-state index in [4.69, 9.17) is 0 Å². The van der Waals surface area contributed by atoms with E-state index in [9.17, 15) is 9.59 Å². The zero-order valence-electron chi connectivity index (χ0n) is 16.5. The van der Waals surface area contributed by atoms with Crippen molar-refractivity contribution in [3.05, 3.63) is 90.0 Å². The molecule has 0 bridgehead atoms. The average molecular weight is 398 g/mol. The molecule has 1 aromatic heterocycles. The number of anilines is 1. The van der Waals surface area contributed by atoms with Gasteiger partial charge in [0.2, 0.25) is 11.8 Å². The fourth-order valence-electron chi connectivity index (χ4n) is 4.89. The van der Waals surface area contributed by atoms with Gasteiger partial charge in [-0.15, -0.1) is 0 Å². The Kier molecular flexibility index (Phi) is 4.54. The highest BCUT2D eigenvalue weighted by Crippen LogP contribution is 2.54. The number of nitrogens with zero attached hydrogens (tertiary/aromatic N) is 3. The van der Waals surface area contributed by atoms with Crippen LogP contribution in [0, 0.1) is 0 Å². The molecule has 2 amide bonds. The first-order valence-electron chi connectivity index (χ1n) is 10.2. The number of hydrogen-bond acceptors (Lipinski definition) is 4. The first-order chi connectivity index (χ1) is 14.7. The van der Waals surface area contributed by atoms with E-state index in [1.807, 2.05) is 59.5 Å². The minimum Gasteiger partial charge on any atom is -0.334 e. The molecule has 1 fully saturated rings. The number of para-hydroxylation sites is 1. The Morgan fingerprint density at radius 2 is 1.90 bits per heavy atom. The van der Waals surface area contributed by atoms with E-state index in [0.717, 1.165) is 22.5 Å². The van der Waals surface area contributed by atoms with Crippen LogP contribution < -0.4 is 5.32 Å². The van der Waals surface area contributed by atoms with Gasteiger partial charge in [0, 0.05) is 37.2 Å². The van der Waals surface area contributed by atoms with Crippen LogP contribution in [0.2, 0.25) is 0 Å². The number of aromatic nitrogens is 2. The number of carbonyl (C=O) groups is 2. The molecular weight excluding hydrogens is 376 g/mol. The van der Waals surface area contributed by atoms with Crippen molar-refractivity contribution < 1.29 is 9.59 Å². The maximum absolute atomic E-state index is 13.3. The van der Waals surface area contributed by atoms with Crippen molar-refractivity contribution >= 4 is 17.5 Å². The highest BCUT2D eigenvalue weighted by atomic mass is 16.2. The van der Waals surface area contributed by atoms with Gasteiger partial charge in [-0.2, -0.15) is 0 Å². The minimum atomic E-state index is -0.764. The van der Waals surface area contributed by atoms with Gasteiger partial charge in [0.1, 0.15) is 5.41 Å². The second-order valence-electron chi connectivity index (χ2n) is 7.82. The first-order valence-corrected chi connectivity index (χ1v) is 10.2. The largest absolute Gasteiger partial charge is 0.334 e. The lowest BCUT2D eigenvalue weighted by molar-refractivity contribution is -0.133. The monoisotopic (exact) mass is 398 g/mol. The van der Waals surface area contributed by atoms with Crippen LogP contribution in [-0.4, -0.2) is 33.2 Å². The van der Waals surface area contributed by atoms with Crippen molar-refractivity contribution in [3.8, 4) is 0 Å². The van der Waals surface area contributed by atoms with Gasteiger partial charge in [-0.1, -0.05) is 48.5 Å². The molecule has 0 saturated carbocycles. The molecule has 150 valence electrons. The maximum atomic E-state index is 13.3. The Bertz CT molecular complexity index is 1090. The third-order valence-electron chi connectivity index (χ3n) is 6.23. The van der Waals surface area contributed by atoms with Crippen LogP contribution in [0.4, 0.5) is 5.69 Å². The summed E-state index contributed by atoms with van der Waals surface area (Å²) in [5.74, 6) is 0.00495. The van der Waals surface area contributed by atoms with Crippen LogP contribution in [0.5, 0.6) is 0 Å². The van der Waals surface area contributed by atoms with E-state index in [1.54, 1.807) is 18.6 Å². The van der Waals surface area contributed by atoms with Crippen molar-refractivity contribution in [1.82, 2.24) is 14.9 Å². The smallest absolute Gasteiger partial charge is 0.237 e. The number of amides is 2. The number of aryl methyl sites for hydroxylation is 1. The van der Waals surface area contributed by atoms with Crippen molar-refractivity contribution in [2.75, 3.05) is 11.9 Å². The summed E-state index contributed by atoms with van der Waals surface area (Å²) in [6, 6.07) is 17.4. The number of fused-ring (bicyclic) bond motifs is 2. The molecule has 3 heterocycles. The fourth-order valence-corrected chi connectivity index (χ4v) is 4.89. The quantitative estimate of drug-likeness (QED) is 0.732. The lowest BCUT2D eigenvalue weighted by Crippen LogP contribution is -2.42. The van der Waals surface area contributed by atoms with Gasteiger partial charge in [-0.3, -0.25) is 19.6 Å². The Hall–Kier alpha value is -3.54. The normalized spacial score (nSPS) is 22.2. The van der Waals surface area contributed by atoms with E-state index < -0.39 is 5.41 Å². The summed E-state index contributed by atoms with van der Waals surface area (Å²) >= 11 is 0. The number of carbonyl (C=O) groups excluding carboxylic acids is 2. The molecule has 1 spiro atoms. The van der Waals surface area contributed by atoms with E-state index in [1.165, 1.54) is 0 Å². The molecule has 2 aliphatic heterocycles. The van der Waals surface area contributed by atoms with Crippen molar-refractivity contribution in [1.29, 1.82) is 0 Å². The van der Waals surface area contributed by atoms with Gasteiger partial charge in [-0.05, 0) is 30.0 Å². The molecule has 3 aromatic rings. The lowest BCUT2D eigenvalue weighted by Gasteiger charge is -2.34. The van der Waals surface area contributed by atoms with Gasteiger partial charge < -0.3 is 10.2 Å². The molecule has 0 radical (unpaired) electrons. The molecule has 1 saturated heterocycles. The van der Waals surface area contributed by atoms with Crippen LogP contribution in [-0.2, 0) is 21.4 Å². The average Bonchev–Trinajstić information content (AvgIpc) is 3.33. The Balaban J connectivity index is 1.51. The van der Waals surface area contributed by atoms with Crippen molar-refractivity contribution in [3.63, 3.8) is 0 Å². The van der Waals surface area contributed by atoms with Gasteiger partial charge >= 0.3 is 0 Å². The number of nitrogens with one attached hydrogen (secondary N) is 1. The molecule has 30 heavy (non-hydrogen) atoms. The predicted octanol–water partition coefficient (Wildman–Crippen LogP) is 3.27. The highest BCUT2D eigenvalue weighted by molar-refractivity contribution is 6.07. The Morgan fingerprint density at radius 1 is 1.10 bits per heavy atom. The zero-order valence-corrected chi connectivity index (χ0v) is 16.5. The topological polar surface area (TPSA) is 75.2 Å². The van der Waals surface area contributed by atoms with Gasteiger partial charge in [0.25, 0.3) is 0 Å². The van der Waals surface area contributed by atoms with Crippen molar-refractivity contribution in [2.45, 2.75) is 30.7 Å². The standard InChI is InChI=1S/C24H22N4O2/c29-21(11-10-18-16-25-13-14-26-18)28-15-12-24(22(28)17-6-2-1-3-7-17)19-8-4-5-9-20(19)27-23(24)30/h1-9,13-14,16,22H,10-12,15H2,(H,27,30)/t22-,24+/m0/s1. The highest BCUT2D eigenvalue weighted by Gasteiger charge is 2.59. The molecule has 2 aromatic carbocycles. The number of hydrogen-bond donors (Lipinski definition) is 1. The number of benzene rings is 2. The molecule has 0 aliphatic carbocycles. The summed E-state index contributed by atoms with van der Waals surface area (Å²) in [7, 11) is 0. The summed E-state index contributed by atoms with van der Waals surface area (Å²) < 4.78 is 0. The first kappa shape index (κ1) is 18.5. The van der Waals surface area contributed by atoms with Gasteiger partial charge in [0.05, 0.1) is 11.7 Å². The van der Waals surface area contributed by atoms with Gasteiger partial charge in [-0.25, -0.2) is 0 Å². The summed E-state index contributed by atoms with van der Waals surface area (Å²) in [4.78, 5) is 36.9. The SMILES string of the molecule is O=C(CCc1cnccn1)N1CC[C@]2(C(=O)Nc3ccccc32)[C@@H]1c1ccccc1. The van der Waals surface area contributed by atoms with E-state index in [0.29, 0.717) is 25.8 Å². The number of rotatable bonds is 4. The van der Waals surface area contributed by atoms with E-state index >= 15 is 0 Å². The molecule has 5 rings (SSSR count). The molecule has 1 N–H and O–H groups in total. The molecule has 0 unspecified atom stereocenters. The zero-order chi connectivity index (χ0) is 20.6. The Morgan fingerprint density at radius 3 is 2.70 bits per heavy atom. The predicted molar refractivity (Wildman–Crippen MR) is 113 cm³/mol. The van der Waals surface area contributed by atoms with Crippen LogP contribution >= 0.6 is 0 Å². The second kappa shape index (κ2) is 7.37. The second-order valence-corrected chi connectivity index (χ2v) is 7.82. The summed E-state index contributed by atoms with van der Waals surface area (Å²) in [6.07, 6.45) is 6.41. The van der Waals surface area contributed by atoms with E-state index in [2.05, 4.69) is 15.3 Å². The Labute approximate surface area is 175 Å². The van der Waals surface area contributed by atoms with Crippen molar-refractivity contribution in [2.24, 2.45) is 0 Å². The van der Waals surface area contributed by atoms with Gasteiger partial charge in [0.15, 0.2) is 0 Å². The maximum Gasteiger partial charge on any atom is 0.237 e. The van der Waals surface area contributed by atoms with E-state index in [-0.39, 0.29) is 17.9 Å². The number of likely N-dealkylation sites (tertiary alicyclic amines) is 1. The fraction of sp³-hybridized carbons (Fsp3) is 0.250. The minimum absolute atomic E-state index is 0.0261. The molecule has 2 atom stereocenters. The van der Waals surface area contributed by atoms with Crippen LogP contribution in [0.25, 0.3) is 0 Å². The molecule has 6 heteroatoms. The summed E-state index contributed by atoms with van der Waals surface area (Å²) in [5.41, 5.74) is 2.83. The van der Waals surface area contributed by atoms with Crippen LogP contribution in [0.1, 0.15) is 35.7 Å². The molecule has 2 aliphatic rings. The summed E-state index contributed by atoms with van der Waals surface area (Å²) in [5, 5.41) is 3.05. The van der Waals surface area contributed by atoms with Crippen LogP contribution in [0.15, 0.2) is 73.2 Å². The molecular formula is C24H22N4O2. The third-order valence-corrected chi connectivity index (χ3v) is 6.23.